The Bertz CT molecular complexity index is 796. The molecule has 0 aliphatic carbocycles. The summed E-state index contributed by atoms with van der Waals surface area (Å²) < 4.78 is 0. The number of Topliss-reactive ketones (excluding diaryl/α,β-unsaturated/α-hetero) is 1. The molecule has 2 amide bonds. The van der Waals surface area contributed by atoms with Gasteiger partial charge in [-0.25, -0.2) is 0 Å². The number of carbonyl (C=O) groups excluding carboxylic acids is 3. The quantitative estimate of drug-likeness (QED) is 0.595. The molecule has 120 valence electrons. The summed E-state index contributed by atoms with van der Waals surface area (Å²) >= 11 is 5.92. The molecule has 0 unspecified atom stereocenters. The molecule has 0 atom stereocenters. The number of carbonyl (C=O) groups is 3. The van der Waals surface area contributed by atoms with E-state index in [0.717, 1.165) is 0 Å². The lowest BCUT2D eigenvalue weighted by molar-refractivity contribution is 0.0844. The Hall–Kier alpha value is -2.60. The van der Waals surface area contributed by atoms with E-state index in [-0.39, 0.29) is 22.1 Å². The number of aromatic amines is 1. The van der Waals surface area contributed by atoms with Crippen LogP contribution in [0.5, 0.6) is 0 Å². The Morgan fingerprint density at radius 2 is 1.65 bits per heavy atom. The lowest BCUT2D eigenvalue weighted by Crippen LogP contribution is -2.42. The van der Waals surface area contributed by atoms with Crippen molar-refractivity contribution >= 4 is 29.2 Å². The van der Waals surface area contributed by atoms with Gasteiger partial charge in [0.05, 0.1) is 10.6 Å². The predicted octanol–water partition coefficient (Wildman–Crippen LogP) is 2.56. The summed E-state index contributed by atoms with van der Waals surface area (Å²) in [5, 5.41) is 0.282. The summed E-state index contributed by atoms with van der Waals surface area (Å²) in [4.78, 5) is 38.6. The van der Waals surface area contributed by atoms with Crippen LogP contribution < -0.4 is 10.9 Å². The highest BCUT2D eigenvalue weighted by Crippen LogP contribution is 2.18. The van der Waals surface area contributed by atoms with Crippen molar-refractivity contribution in [2.24, 2.45) is 0 Å². The van der Waals surface area contributed by atoms with E-state index in [1.165, 1.54) is 6.92 Å². The molecule has 1 heterocycles. The summed E-state index contributed by atoms with van der Waals surface area (Å²) in [6.07, 6.45) is 0. The van der Waals surface area contributed by atoms with Gasteiger partial charge in [0.1, 0.15) is 5.69 Å². The van der Waals surface area contributed by atoms with E-state index in [4.69, 9.17) is 11.6 Å². The van der Waals surface area contributed by atoms with E-state index in [2.05, 4.69) is 15.8 Å². The fourth-order valence-electron chi connectivity index (χ4n) is 2.39. The number of nitrogens with one attached hydrogen (secondary N) is 3. The minimum Gasteiger partial charge on any atom is -0.354 e. The summed E-state index contributed by atoms with van der Waals surface area (Å²) in [5.74, 6) is -1.20. The summed E-state index contributed by atoms with van der Waals surface area (Å²) in [6.45, 7) is 4.82. The van der Waals surface area contributed by atoms with Gasteiger partial charge in [0.15, 0.2) is 5.78 Å². The minimum atomic E-state index is -0.543. The molecule has 7 heteroatoms. The molecule has 0 spiro atoms. The number of benzene rings is 1. The SMILES string of the molecule is CC(=O)c1c(C)[nH]c(C(=O)NNC(=O)c2ccccc2Cl)c1C. The second-order valence-electron chi connectivity index (χ2n) is 5.07. The zero-order valence-corrected chi connectivity index (χ0v) is 13.7. The van der Waals surface area contributed by atoms with Gasteiger partial charge >= 0.3 is 0 Å². The maximum Gasteiger partial charge on any atom is 0.286 e. The zero-order valence-electron chi connectivity index (χ0n) is 12.9. The molecule has 0 bridgehead atoms. The monoisotopic (exact) mass is 333 g/mol. The third kappa shape index (κ3) is 3.43. The van der Waals surface area contributed by atoms with Gasteiger partial charge < -0.3 is 4.98 Å². The average Bonchev–Trinajstić information content (AvgIpc) is 2.80. The van der Waals surface area contributed by atoms with Crippen LogP contribution in [-0.4, -0.2) is 22.6 Å². The molecule has 1 aromatic heterocycles. The van der Waals surface area contributed by atoms with Crippen LogP contribution in [-0.2, 0) is 0 Å². The number of H-pyrrole nitrogens is 1. The van der Waals surface area contributed by atoms with Gasteiger partial charge in [-0.2, -0.15) is 0 Å². The molecule has 0 fully saturated rings. The van der Waals surface area contributed by atoms with Gasteiger partial charge in [0.25, 0.3) is 11.8 Å². The van der Waals surface area contributed by atoms with E-state index in [1.54, 1.807) is 38.1 Å². The zero-order chi connectivity index (χ0) is 17.1. The number of amides is 2. The molecule has 0 saturated carbocycles. The molecular formula is C16H16ClN3O3. The molecule has 23 heavy (non-hydrogen) atoms. The standard InChI is InChI=1S/C16H16ClN3O3/c1-8-13(10(3)21)9(2)18-14(8)16(23)20-19-15(22)11-6-4-5-7-12(11)17/h4-7,18H,1-3H3,(H,19,22)(H,20,23). The van der Waals surface area contributed by atoms with Gasteiger partial charge in [0, 0.05) is 11.3 Å². The largest absolute Gasteiger partial charge is 0.354 e. The van der Waals surface area contributed by atoms with Crippen LogP contribution in [0, 0.1) is 13.8 Å². The fraction of sp³-hybridized carbons (Fsp3) is 0.188. The van der Waals surface area contributed by atoms with E-state index in [0.29, 0.717) is 16.8 Å². The molecule has 0 saturated heterocycles. The van der Waals surface area contributed by atoms with Crippen molar-refractivity contribution in [3.63, 3.8) is 0 Å². The Morgan fingerprint density at radius 1 is 1.04 bits per heavy atom. The molecule has 0 aliphatic rings. The minimum absolute atomic E-state index is 0.129. The maximum atomic E-state index is 12.2. The van der Waals surface area contributed by atoms with Crippen LogP contribution >= 0.6 is 11.6 Å². The number of halogens is 1. The molecule has 0 radical (unpaired) electrons. The first kappa shape index (κ1) is 16.8. The normalized spacial score (nSPS) is 10.3. The van der Waals surface area contributed by atoms with Crippen molar-refractivity contribution in [1.82, 2.24) is 15.8 Å². The maximum absolute atomic E-state index is 12.2. The topological polar surface area (TPSA) is 91.1 Å². The Morgan fingerprint density at radius 3 is 2.22 bits per heavy atom. The number of rotatable bonds is 3. The van der Waals surface area contributed by atoms with Gasteiger partial charge in [0.2, 0.25) is 0 Å². The molecule has 1 aromatic carbocycles. The molecular weight excluding hydrogens is 318 g/mol. The summed E-state index contributed by atoms with van der Waals surface area (Å²) in [5.41, 5.74) is 6.71. The number of aromatic nitrogens is 1. The van der Waals surface area contributed by atoms with Crippen LogP contribution in [0.1, 0.15) is 49.4 Å². The van der Waals surface area contributed by atoms with Crippen molar-refractivity contribution in [3.8, 4) is 0 Å². The molecule has 2 aromatic rings. The predicted molar refractivity (Wildman–Crippen MR) is 86.7 cm³/mol. The van der Waals surface area contributed by atoms with Gasteiger partial charge in [-0.15, -0.1) is 0 Å². The number of aryl methyl sites for hydroxylation is 1. The first-order valence-corrected chi connectivity index (χ1v) is 7.26. The van der Waals surface area contributed by atoms with Gasteiger partial charge in [-0.1, -0.05) is 23.7 Å². The number of hydrogen-bond donors (Lipinski definition) is 3. The first-order chi connectivity index (χ1) is 10.8. The van der Waals surface area contributed by atoms with Crippen LogP contribution in [0.15, 0.2) is 24.3 Å². The highest BCUT2D eigenvalue weighted by molar-refractivity contribution is 6.33. The number of ketones is 1. The van der Waals surface area contributed by atoms with Crippen molar-refractivity contribution in [1.29, 1.82) is 0 Å². The summed E-state index contributed by atoms with van der Waals surface area (Å²) in [6, 6.07) is 6.49. The molecule has 0 aliphatic heterocycles. The van der Waals surface area contributed by atoms with Crippen LogP contribution in [0.2, 0.25) is 5.02 Å². The van der Waals surface area contributed by atoms with Crippen molar-refractivity contribution in [2.75, 3.05) is 0 Å². The van der Waals surface area contributed by atoms with Gasteiger partial charge in [-0.05, 0) is 38.5 Å². The smallest absolute Gasteiger partial charge is 0.286 e. The average molecular weight is 334 g/mol. The highest BCUT2D eigenvalue weighted by Gasteiger charge is 2.20. The number of hydrogen-bond acceptors (Lipinski definition) is 3. The van der Waals surface area contributed by atoms with E-state index in [9.17, 15) is 14.4 Å². The number of hydrazine groups is 1. The van der Waals surface area contributed by atoms with Crippen molar-refractivity contribution in [3.05, 3.63) is 57.4 Å². The second-order valence-corrected chi connectivity index (χ2v) is 5.48. The Kier molecular flexibility index (Phi) is 4.86. The first-order valence-electron chi connectivity index (χ1n) is 6.88. The Labute approximate surface area is 138 Å². The third-order valence-corrected chi connectivity index (χ3v) is 3.75. The molecule has 2 rings (SSSR count). The van der Waals surface area contributed by atoms with Crippen LogP contribution in [0.4, 0.5) is 0 Å². The van der Waals surface area contributed by atoms with Crippen LogP contribution in [0.25, 0.3) is 0 Å². The highest BCUT2D eigenvalue weighted by atomic mass is 35.5. The molecule has 3 N–H and O–H groups in total. The third-order valence-electron chi connectivity index (χ3n) is 3.42. The van der Waals surface area contributed by atoms with Crippen LogP contribution in [0.3, 0.4) is 0 Å². The second kappa shape index (κ2) is 6.66. The molecule has 6 nitrogen and oxygen atoms in total. The lowest BCUT2D eigenvalue weighted by atomic mass is 10.1. The van der Waals surface area contributed by atoms with E-state index in [1.807, 2.05) is 0 Å². The van der Waals surface area contributed by atoms with E-state index < -0.39 is 11.8 Å². The van der Waals surface area contributed by atoms with Gasteiger partial charge in [-0.3, -0.25) is 25.2 Å². The fourth-order valence-corrected chi connectivity index (χ4v) is 2.62. The van der Waals surface area contributed by atoms with Crippen molar-refractivity contribution < 1.29 is 14.4 Å². The van der Waals surface area contributed by atoms with Crippen molar-refractivity contribution in [2.45, 2.75) is 20.8 Å². The van der Waals surface area contributed by atoms with E-state index >= 15 is 0 Å². The summed E-state index contributed by atoms with van der Waals surface area (Å²) in [7, 11) is 0. The lowest BCUT2D eigenvalue weighted by Gasteiger charge is -2.08. The Balaban J connectivity index is 2.12.